The molecule has 2 aromatic rings. The Labute approximate surface area is 124 Å². The monoisotopic (exact) mass is 282 g/mol. The summed E-state index contributed by atoms with van der Waals surface area (Å²) in [5, 5.41) is 5.86. The van der Waals surface area contributed by atoms with E-state index in [1.807, 2.05) is 26.0 Å². The first-order valence-corrected chi connectivity index (χ1v) is 6.65. The average molecular weight is 282 g/mol. The van der Waals surface area contributed by atoms with E-state index < -0.39 is 0 Å². The number of carbonyl (C=O) groups is 1. The predicted molar refractivity (Wildman–Crippen MR) is 83.8 cm³/mol. The molecule has 108 valence electrons. The van der Waals surface area contributed by atoms with E-state index in [9.17, 15) is 4.79 Å². The number of hydrogen-bond donors (Lipinski definition) is 2. The van der Waals surface area contributed by atoms with E-state index in [0.29, 0.717) is 12.4 Å². The molecule has 2 rings (SSSR count). The minimum absolute atomic E-state index is 0.263. The van der Waals surface area contributed by atoms with E-state index in [4.69, 9.17) is 0 Å². The van der Waals surface area contributed by atoms with E-state index in [2.05, 4.69) is 33.2 Å². The second-order valence-electron chi connectivity index (χ2n) is 4.73. The maximum absolute atomic E-state index is 11.7. The zero-order valence-corrected chi connectivity index (χ0v) is 12.2. The smallest absolute Gasteiger partial charge is 0.271 e. The molecule has 0 saturated heterocycles. The van der Waals surface area contributed by atoms with Crippen molar-refractivity contribution in [2.24, 2.45) is 0 Å². The van der Waals surface area contributed by atoms with Crippen LogP contribution < -0.4 is 10.6 Å². The SMILES string of the molecule is C=CCNC(=O)c1cnc(Nc2cc(C)ccc2C)cn1. The lowest BCUT2D eigenvalue weighted by molar-refractivity contribution is 0.0952. The Morgan fingerprint density at radius 2 is 2.10 bits per heavy atom. The molecule has 0 fully saturated rings. The van der Waals surface area contributed by atoms with Crippen molar-refractivity contribution in [1.82, 2.24) is 15.3 Å². The van der Waals surface area contributed by atoms with Gasteiger partial charge >= 0.3 is 0 Å². The number of hydrogen-bond acceptors (Lipinski definition) is 4. The molecule has 5 heteroatoms. The van der Waals surface area contributed by atoms with Crippen LogP contribution in [0.15, 0.2) is 43.2 Å². The second-order valence-corrected chi connectivity index (χ2v) is 4.73. The first-order valence-electron chi connectivity index (χ1n) is 6.65. The summed E-state index contributed by atoms with van der Waals surface area (Å²) >= 11 is 0. The summed E-state index contributed by atoms with van der Waals surface area (Å²) in [5.41, 5.74) is 3.54. The first kappa shape index (κ1) is 14.7. The van der Waals surface area contributed by atoms with Crippen LogP contribution in [0.5, 0.6) is 0 Å². The van der Waals surface area contributed by atoms with Crippen LogP contribution in [0.25, 0.3) is 0 Å². The predicted octanol–water partition coefficient (Wildman–Crippen LogP) is 2.75. The van der Waals surface area contributed by atoms with Gasteiger partial charge in [0, 0.05) is 12.2 Å². The van der Waals surface area contributed by atoms with E-state index in [0.717, 1.165) is 16.8 Å². The highest BCUT2D eigenvalue weighted by molar-refractivity contribution is 5.92. The fraction of sp³-hybridized carbons (Fsp3) is 0.188. The molecule has 21 heavy (non-hydrogen) atoms. The standard InChI is InChI=1S/C16H18N4O/c1-4-7-17-16(21)14-9-19-15(10-18-14)20-13-8-11(2)5-6-12(13)3/h4-6,8-10H,1,7H2,2-3H3,(H,17,21)(H,19,20). The minimum Gasteiger partial charge on any atom is -0.347 e. The fourth-order valence-electron chi connectivity index (χ4n) is 1.77. The molecule has 5 nitrogen and oxygen atoms in total. The van der Waals surface area contributed by atoms with Crippen molar-refractivity contribution in [3.8, 4) is 0 Å². The number of nitrogens with one attached hydrogen (secondary N) is 2. The van der Waals surface area contributed by atoms with E-state index in [1.165, 1.54) is 6.20 Å². The topological polar surface area (TPSA) is 66.9 Å². The Morgan fingerprint density at radius 1 is 1.29 bits per heavy atom. The molecule has 1 heterocycles. The van der Waals surface area contributed by atoms with Crippen molar-refractivity contribution in [2.45, 2.75) is 13.8 Å². The van der Waals surface area contributed by atoms with Crippen LogP contribution in [-0.4, -0.2) is 22.4 Å². The maximum atomic E-state index is 11.7. The molecule has 0 atom stereocenters. The highest BCUT2D eigenvalue weighted by Crippen LogP contribution is 2.20. The highest BCUT2D eigenvalue weighted by Gasteiger charge is 2.07. The van der Waals surface area contributed by atoms with Gasteiger partial charge in [-0.3, -0.25) is 4.79 Å². The van der Waals surface area contributed by atoms with Gasteiger partial charge in [0.1, 0.15) is 11.5 Å². The quantitative estimate of drug-likeness (QED) is 0.827. The maximum Gasteiger partial charge on any atom is 0.271 e. The molecule has 1 amide bonds. The second kappa shape index (κ2) is 6.65. The van der Waals surface area contributed by atoms with Gasteiger partial charge in [0.2, 0.25) is 0 Å². The van der Waals surface area contributed by atoms with Gasteiger partial charge in [-0.05, 0) is 31.0 Å². The normalized spacial score (nSPS) is 10.0. The number of rotatable bonds is 5. The number of benzene rings is 1. The van der Waals surface area contributed by atoms with Crippen LogP contribution >= 0.6 is 0 Å². The van der Waals surface area contributed by atoms with Crippen molar-refractivity contribution in [3.63, 3.8) is 0 Å². The molecule has 0 radical (unpaired) electrons. The number of carbonyl (C=O) groups excluding carboxylic acids is 1. The van der Waals surface area contributed by atoms with Crippen LogP contribution in [0.1, 0.15) is 21.6 Å². The summed E-state index contributed by atoms with van der Waals surface area (Å²) in [6, 6.07) is 6.14. The zero-order valence-electron chi connectivity index (χ0n) is 12.2. The third kappa shape index (κ3) is 3.89. The number of aryl methyl sites for hydroxylation is 2. The molecule has 0 unspecified atom stereocenters. The summed E-state index contributed by atoms with van der Waals surface area (Å²) in [5.74, 6) is 0.338. The molecule has 0 aliphatic rings. The molecule has 0 saturated carbocycles. The van der Waals surface area contributed by atoms with Gasteiger partial charge in [0.15, 0.2) is 0 Å². The third-order valence-corrected chi connectivity index (χ3v) is 2.95. The molecule has 1 aromatic heterocycles. The van der Waals surface area contributed by atoms with Gasteiger partial charge in [-0.15, -0.1) is 6.58 Å². The van der Waals surface area contributed by atoms with Gasteiger partial charge in [-0.2, -0.15) is 0 Å². The first-order chi connectivity index (χ1) is 10.1. The molecule has 0 spiro atoms. The Hall–Kier alpha value is -2.69. The fourth-order valence-corrected chi connectivity index (χ4v) is 1.77. The van der Waals surface area contributed by atoms with Gasteiger partial charge in [0.25, 0.3) is 5.91 Å². The Balaban J connectivity index is 2.10. The van der Waals surface area contributed by atoms with E-state index in [-0.39, 0.29) is 11.6 Å². The highest BCUT2D eigenvalue weighted by atomic mass is 16.1. The number of amides is 1. The van der Waals surface area contributed by atoms with Gasteiger partial charge in [-0.25, -0.2) is 9.97 Å². The van der Waals surface area contributed by atoms with Gasteiger partial charge in [-0.1, -0.05) is 18.2 Å². The summed E-state index contributed by atoms with van der Waals surface area (Å²) in [6.45, 7) is 8.00. The van der Waals surface area contributed by atoms with E-state index >= 15 is 0 Å². The van der Waals surface area contributed by atoms with Crippen molar-refractivity contribution in [2.75, 3.05) is 11.9 Å². The molecule has 1 aromatic carbocycles. The van der Waals surface area contributed by atoms with Crippen molar-refractivity contribution >= 4 is 17.4 Å². The lowest BCUT2D eigenvalue weighted by atomic mass is 10.1. The lowest BCUT2D eigenvalue weighted by Gasteiger charge is -2.09. The summed E-state index contributed by atoms with van der Waals surface area (Å²) in [6.07, 6.45) is 4.61. The molecule has 0 bridgehead atoms. The molecular formula is C16H18N4O. The van der Waals surface area contributed by atoms with Gasteiger partial charge in [0.05, 0.1) is 12.4 Å². The van der Waals surface area contributed by atoms with Crippen LogP contribution in [-0.2, 0) is 0 Å². The summed E-state index contributed by atoms with van der Waals surface area (Å²) in [4.78, 5) is 20.0. The van der Waals surface area contributed by atoms with Crippen LogP contribution in [0, 0.1) is 13.8 Å². The Kier molecular flexibility index (Phi) is 4.66. The number of nitrogens with zero attached hydrogens (tertiary/aromatic N) is 2. The van der Waals surface area contributed by atoms with Crippen LogP contribution in [0.4, 0.5) is 11.5 Å². The lowest BCUT2D eigenvalue weighted by Crippen LogP contribution is -2.24. The zero-order chi connectivity index (χ0) is 15.2. The third-order valence-electron chi connectivity index (χ3n) is 2.95. The van der Waals surface area contributed by atoms with Gasteiger partial charge < -0.3 is 10.6 Å². The van der Waals surface area contributed by atoms with Crippen molar-refractivity contribution in [1.29, 1.82) is 0 Å². The molecular weight excluding hydrogens is 264 g/mol. The van der Waals surface area contributed by atoms with Crippen molar-refractivity contribution in [3.05, 3.63) is 60.1 Å². The number of aromatic nitrogens is 2. The molecule has 0 aliphatic carbocycles. The largest absolute Gasteiger partial charge is 0.347 e. The molecule has 0 aliphatic heterocycles. The average Bonchev–Trinajstić information content (AvgIpc) is 2.49. The van der Waals surface area contributed by atoms with Crippen LogP contribution in [0.3, 0.4) is 0 Å². The van der Waals surface area contributed by atoms with E-state index in [1.54, 1.807) is 12.3 Å². The minimum atomic E-state index is -0.263. The Bertz CT molecular complexity index is 650. The van der Waals surface area contributed by atoms with Crippen molar-refractivity contribution < 1.29 is 4.79 Å². The molecule has 2 N–H and O–H groups in total. The number of anilines is 2. The summed E-state index contributed by atoms with van der Waals surface area (Å²) in [7, 11) is 0. The summed E-state index contributed by atoms with van der Waals surface area (Å²) < 4.78 is 0. The Morgan fingerprint density at radius 3 is 2.76 bits per heavy atom. The van der Waals surface area contributed by atoms with Crippen LogP contribution in [0.2, 0.25) is 0 Å².